The van der Waals surface area contributed by atoms with Gasteiger partial charge in [-0.25, -0.2) is 9.59 Å². The molecule has 0 aliphatic carbocycles. The van der Waals surface area contributed by atoms with Gasteiger partial charge in [0.25, 0.3) is 5.91 Å². The Kier molecular flexibility index (Phi) is 6.49. The van der Waals surface area contributed by atoms with Crippen molar-refractivity contribution in [1.82, 2.24) is 10.2 Å². The number of anilines is 1. The van der Waals surface area contributed by atoms with Crippen LogP contribution in [0.2, 0.25) is 0 Å². The smallest absolute Gasteiger partial charge is 0.475 e. The van der Waals surface area contributed by atoms with E-state index in [9.17, 15) is 22.8 Å². The first-order valence-electron chi connectivity index (χ1n) is 8.49. The van der Waals surface area contributed by atoms with Gasteiger partial charge in [0.05, 0.1) is 0 Å². The van der Waals surface area contributed by atoms with Crippen LogP contribution in [0.1, 0.15) is 23.2 Å². The molecule has 0 bridgehead atoms. The third-order valence-corrected chi connectivity index (χ3v) is 4.57. The number of carboxylic acid groups (broad SMARTS) is 1. The van der Waals surface area contributed by atoms with E-state index in [0.717, 1.165) is 32.6 Å². The van der Waals surface area contributed by atoms with E-state index < -0.39 is 18.2 Å². The summed E-state index contributed by atoms with van der Waals surface area (Å²) in [5, 5.41) is 12.9. The molecule has 0 radical (unpaired) electrons. The SMILES string of the molecule is NC(=O)Nc1cccc(C(=O)N2CCCC3(CNC3)C2)c1.O=C(O)C(F)(F)F. The van der Waals surface area contributed by atoms with Gasteiger partial charge in [0, 0.05) is 42.8 Å². The number of aliphatic carboxylic acids is 1. The Morgan fingerprint density at radius 1 is 1.25 bits per heavy atom. The number of nitrogens with one attached hydrogen (secondary N) is 2. The number of urea groups is 1. The summed E-state index contributed by atoms with van der Waals surface area (Å²) in [6.45, 7) is 3.61. The van der Waals surface area contributed by atoms with Gasteiger partial charge in [0.2, 0.25) is 0 Å². The van der Waals surface area contributed by atoms with Gasteiger partial charge in [-0.15, -0.1) is 0 Å². The maximum atomic E-state index is 12.6. The van der Waals surface area contributed by atoms with Crippen LogP contribution in [-0.4, -0.2) is 60.3 Å². The number of alkyl halides is 3. The number of hydrogen-bond donors (Lipinski definition) is 4. The number of rotatable bonds is 2. The molecule has 3 rings (SSSR count). The predicted molar refractivity (Wildman–Crippen MR) is 93.8 cm³/mol. The van der Waals surface area contributed by atoms with Gasteiger partial charge in [0.1, 0.15) is 0 Å². The Bertz CT molecular complexity index is 750. The van der Waals surface area contributed by atoms with Crippen LogP contribution in [-0.2, 0) is 4.79 Å². The lowest BCUT2D eigenvalue weighted by molar-refractivity contribution is -0.192. The van der Waals surface area contributed by atoms with Crippen LogP contribution >= 0.6 is 0 Å². The lowest BCUT2D eigenvalue weighted by atomic mass is 9.75. The quantitative estimate of drug-likeness (QED) is 0.599. The summed E-state index contributed by atoms with van der Waals surface area (Å²) >= 11 is 0. The molecule has 2 fully saturated rings. The van der Waals surface area contributed by atoms with Gasteiger partial charge in [-0.2, -0.15) is 13.2 Å². The number of nitrogens with two attached hydrogens (primary N) is 1. The standard InChI is InChI=1S/C15H20N4O2.C2HF3O2/c16-14(21)18-12-4-1-3-11(7-12)13(20)19-6-2-5-15(10-19)8-17-9-15;3-2(4,5)1(6)7/h1,3-4,7,17H,2,5-6,8-10H2,(H3,16,18,21);(H,6,7). The van der Waals surface area contributed by atoms with Gasteiger partial charge in [-0.05, 0) is 31.0 Å². The van der Waals surface area contributed by atoms with Crippen LogP contribution in [0.5, 0.6) is 0 Å². The van der Waals surface area contributed by atoms with Crippen LogP contribution in [0.25, 0.3) is 0 Å². The van der Waals surface area contributed by atoms with E-state index in [4.69, 9.17) is 15.6 Å². The third kappa shape index (κ3) is 5.59. The molecule has 5 N–H and O–H groups in total. The fourth-order valence-electron chi connectivity index (χ4n) is 3.20. The zero-order chi connectivity index (χ0) is 20.9. The second-order valence-electron chi connectivity index (χ2n) is 6.81. The molecule has 0 aromatic heterocycles. The molecule has 2 saturated heterocycles. The number of nitrogens with zero attached hydrogens (tertiary/aromatic N) is 1. The largest absolute Gasteiger partial charge is 0.490 e. The van der Waals surface area contributed by atoms with Crippen molar-refractivity contribution in [2.45, 2.75) is 19.0 Å². The minimum atomic E-state index is -5.08. The number of halogens is 3. The van der Waals surface area contributed by atoms with E-state index in [1.165, 1.54) is 6.42 Å². The summed E-state index contributed by atoms with van der Waals surface area (Å²) in [6.07, 6.45) is -2.85. The fraction of sp³-hybridized carbons (Fsp3) is 0.471. The van der Waals surface area contributed by atoms with Crippen LogP contribution in [0, 0.1) is 5.41 Å². The average molecular weight is 402 g/mol. The van der Waals surface area contributed by atoms with Crippen LogP contribution in [0.3, 0.4) is 0 Å². The van der Waals surface area contributed by atoms with Gasteiger partial charge in [-0.3, -0.25) is 4.79 Å². The Morgan fingerprint density at radius 3 is 2.39 bits per heavy atom. The molecule has 1 spiro atoms. The molecule has 0 saturated carbocycles. The van der Waals surface area contributed by atoms with E-state index in [1.807, 2.05) is 4.90 Å². The molecule has 8 nitrogen and oxygen atoms in total. The first kappa shape index (κ1) is 21.5. The maximum Gasteiger partial charge on any atom is 0.490 e. The summed E-state index contributed by atoms with van der Waals surface area (Å²) in [5.74, 6) is -2.73. The van der Waals surface area contributed by atoms with Gasteiger partial charge in [0.15, 0.2) is 0 Å². The van der Waals surface area contributed by atoms with Gasteiger partial charge >= 0.3 is 18.2 Å². The summed E-state index contributed by atoms with van der Waals surface area (Å²) < 4.78 is 31.7. The number of primary amides is 1. The van der Waals surface area contributed by atoms with Crippen molar-refractivity contribution in [3.05, 3.63) is 29.8 Å². The molecule has 1 aromatic carbocycles. The van der Waals surface area contributed by atoms with Crippen LogP contribution in [0.15, 0.2) is 24.3 Å². The predicted octanol–water partition coefficient (Wildman–Crippen LogP) is 1.64. The number of hydrogen-bond acceptors (Lipinski definition) is 4. The first-order valence-corrected chi connectivity index (χ1v) is 8.49. The van der Waals surface area contributed by atoms with E-state index in [2.05, 4.69) is 10.6 Å². The molecule has 0 unspecified atom stereocenters. The highest BCUT2D eigenvalue weighted by atomic mass is 19.4. The third-order valence-electron chi connectivity index (χ3n) is 4.57. The molecular weight excluding hydrogens is 381 g/mol. The highest BCUT2D eigenvalue weighted by molar-refractivity contribution is 5.96. The van der Waals surface area contributed by atoms with Crippen molar-refractivity contribution < 1.29 is 32.7 Å². The van der Waals surface area contributed by atoms with Gasteiger partial charge in [-0.1, -0.05) is 6.07 Å². The second kappa shape index (κ2) is 8.46. The Hall–Kier alpha value is -2.82. The molecule has 1 aromatic rings. The van der Waals surface area contributed by atoms with Crippen molar-refractivity contribution in [1.29, 1.82) is 0 Å². The highest BCUT2D eigenvalue weighted by Gasteiger charge is 2.42. The average Bonchev–Trinajstić information content (AvgIpc) is 2.59. The van der Waals surface area contributed by atoms with E-state index in [1.54, 1.807) is 24.3 Å². The normalized spacial score (nSPS) is 17.8. The van der Waals surface area contributed by atoms with Crippen molar-refractivity contribution >= 4 is 23.6 Å². The molecule has 2 aliphatic rings. The number of piperidine rings is 1. The summed E-state index contributed by atoms with van der Waals surface area (Å²) in [7, 11) is 0. The Morgan fingerprint density at radius 2 is 1.89 bits per heavy atom. The van der Waals surface area contributed by atoms with E-state index in [-0.39, 0.29) is 11.3 Å². The monoisotopic (exact) mass is 402 g/mol. The molecular formula is C17H21F3N4O4. The zero-order valence-corrected chi connectivity index (χ0v) is 14.9. The molecule has 154 valence electrons. The maximum absolute atomic E-state index is 12.6. The topological polar surface area (TPSA) is 125 Å². The van der Waals surface area contributed by atoms with E-state index >= 15 is 0 Å². The van der Waals surface area contributed by atoms with Crippen molar-refractivity contribution in [2.75, 3.05) is 31.5 Å². The number of benzene rings is 1. The van der Waals surface area contributed by atoms with Crippen molar-refractivity contribution in [3.8, 4) is 0 Å². The number of carbonyl (C=O) groups is 3. The second-order valence-corrected chi connectivity index (χ2v) is 6.81. The molecule has 11 heteroatoms. The molecule has 2 heterocycles. The number of likely N-dealkylation sites (tertiary alicyclic amines) is 1. The van der Waals surface area contributed by atoms with Crippen molar-refractivity contribution in [3.63, 3.8) is 0 Å². The number of amides is 3. The summed E-state index contributed by atoms with van der Waals surface area (Å²) in [4.78, 5) is 34.3. The minimum Gasteiger partial charge on any atom is -0.475 e. The van der Waals surface area contributed by atoms with Crippen molar-refractivity contribution in [2.24, 2.45) is 11.1 Å². The lowest BCUT2D eigenvalue weighted by Crippen LogP contribution is -2.61. The minimum absolute atomic E-state index is 0.0223. The summed E-state index contributed by atoms with van der Waals surface area (Å²) in [6, 6.07) is 6.29. The Labute approximate surface area is 158 Å². The zero-order valence-electron chi connectivity index (χ0n) is 14.9. The number of carboxylic acids is 1. The molecule has 28 heavy (non-hydrogen) atoms. The van der Waals surface area contributed by atoms with Crippen LogP contribution < -0.4 is 16.4 Å². The van der Waals surface area contributed by atoms with Crippen LogP contribution in [0.4, 0.5) is 23.7 Å². The highest BCUT2D eigenvalue weighted by Crippen LogP contribution is 2.34. The molecule has 3 amide bonds. The molecule has 0 atom stereocenters. The lowest BCUT2D eigenvalue weighted by Gasteiger charge is -2.49. The first-order chi connectivity index (χ1) is 13.0. The molecule has 2 aliphatic heterocycles. The van der Waals surface area contributed by atoms with Gasteiger partial charge < -0.3 is 26.4 Å². The summed E-state index contributed by atoms with van der Waals surface area (Å²) in [5.41, 5.74) is 6.51. The Balaban J connectivity index is 0.000000345. The number of carbonyl (C=O) groups excluding carboxylic acids is 2. The van der Waals surface area contributed by atoms with E-state index in [0.29, 0.717) is 11.3 Å². The fourth-order valence-corrected chi connectivity index (χ4v) is 3.20.